The third-order valence-corrected chi connectivity index (χ3v) is 3.13. The van der Waals surface area contributed by atoms with Gasteiger partial charge in [-0.15, -0.1) is 0 Å². The summed E-state index contributed by atoms with van der Waals surface area (Å²) in [5.74, 6) is 0.909. The van der Waals surface area contributed by atoms with E-state index < -0.39 is 0 Å². The van der Waals surface area contributed by atoms with E-state index in [4.69, 9.17) is 0 Å². The molecule has 3 heteroatoms. The van der Waals surface area contributed by atoms with Crippen LogP contribution in [0, 0.1) is 19.9 Å². The molecule has 2 rings (SSSR count). The summed E-state index contributed by atoms with van der Waals surface area (Å²) in [6.07, 6.45) is 2.80. The smallest absolute Gasteiger partial charge is 0.458 e. The molecule has 0 aromatic heterocycles. The molecule has 0 spiro atoms. The van der Waals surface area contributed by atoms with E-state index in [0.717, 1.165) is 12.0 Å². The van der Waals surface area contributed by atoms with Crippen LogP contribution in [0.15, 0.2) is 0 Å². The molecule has 2 unspecified atom stereocenters. The first-order valence-electron chi connectivity index (χ1n) is 5.24. The summed E-state index contributed by atoms with van der Waals surface area (Å²) >= 11 is 0. The van der Waals surface area contributed by atoms with Crippen LogP contribution in [-0.2, 0) is 21.1 Å². The van der Waals surface area contributed by atoms with Crippen LogP contribution in [-0.4, -0.2) is 42.5 Å². The minimum Gasteiger partial charge on any atom is -0.458 e. The van der Waals surface area contributed by atoms with E-state index in [0.29, 0.717) is 0 Å². The van der Waals surface area contributed by atoms with Gasteiger partial charge in [-0.25, -0.2) is 0 Å². The van der Waals surface area contributed by atoms with Crippen molar-refractivity contribution in [1.82, 2.24) is 9.80 Å². The van der Waals surface area contributed by atoms with Crippen molar-refractivity contribution in [3.63, 3.8) is 0 Å². The first-order valence-corrected chi connectivity index (χ1v) is 5.24. The van der Waals surface area contributed by atoms with Crippen molar-refractivity contribution in [2.24, 2.45) is 5.92 Å². The van der Waals surface area contributed by atoms with Crippen molar-refractivity contribution in [2.75, 3.05) is 26.7 Å². The first-order chi connectivity index (χ1) is 6.27. The summed E-state index contributed by atoms with van der Waals surface area (Å²) in [5, 5.41) is 0. The number of fused-ring (bicyclic) bond motifs is 1. The Kier molecular flexibility index (Phi) is 7.28. The second-order valence-electron chi connectivity index (χ2n) is 3.99. The van der Waals surface area contributed by atoms with Crippen LogP contribution in [0.5, 0.6) is 0 Å². The van der Waals surface area contributed by atoms with Crippen LogP contribution in [0.2, 0.25) is 0 Å². The van der Waals surface area contributed by atoms with E-state index in [2.05, 4.69) is 30.8 Å². The Morgan fingerprint density at radius 2 is 1.86 bits per heavy atom. The number of nitrogens with zero attached hydrogens (tertiary/aromatic N) is 2. The molecule has 2 aliphatic rings. The molecule has 0 saturated carbocycles. The maximum absolute atomic E-state index is 4.00. The number of piperidine rings is 1. The van der Waals surface area contributed by atoms with Gasteiger partial charge < -0.3 is 16.7 Å². The maximum Gasteiger partial charge on any atom is 2.00 e. The molecule has 14 heavy (non-hydrogen) atoms. The molecule has 0 radical (unpaired) electrons. The molecule has 0 aromatic carbocycles. The Morgan fingerprint density at radius 1 is 1.21 bits per heavy atom. The second kappa shape index (κ2) is 6.98. The Balaban J connectivity index is 0.000000531. The Morgan fingerprint density at radius 3 is 2.43 bits per heavy atom. The minimum absolute atomic E-state index is 0. The Hall–Kier alpha value is 0.608. The average molecular weight is 366 g/mol. The molecule has 82 valence electrons. The van der Waals surface area contributed by atoms with Crippen LogP contribution < -0.4 is 0 Å². The quantitative estimate of drug-likeness (QED) is 0.602. The van der Waals surface area contributed by atoms with Gasteiger partial charge in [0.2, 0.25) is 0 Å². The van der Waals surface area contributed by atoms with Crippen molar-refractivity contribution < 1.29 is 21.1 Å². The maximum atomic E-state index is 4.00. The monoisotopic (exact) mass is 366 g/mol. The normalized spacial score (nSPS) is 32.6. The molecule has 0 N–H and O–H groups in total. The molecule has 0 bridgehead atoms. The van der Waals surface area contributed by atoms with E-state index in [-0.39, 0.29) is 21.1 Å². The minimum atomic E-state index is 0. The third-order valence-electron chi connectivity index (χ3n) is 3.13. The van der Waals surface area contributed by atoms with Crippen LogP contribution in [0.25, 0.3) is 0 Å². The largest absolute Gasteiger partial charge is 2.00 e. The molecule has 2 nitrogen and oxygen atoms in total. The molecule has 0 amide bonds. The van der Waals surface area contributed by atoms with Gasteiger partial charge in [-0.05, 0) is 45.4 Å². The fourth-order valence-corrected chi connectivity index (χ4v) is 2.49. The SMILES string of the molecule is [CH2-]C.[CH2-]N1CC2CCCN(C)C2C1.[W+2]. The molecular weight excluding hydrogens is 344 g/mol. The summed E-state index contributed by atoms with van der Waals surface area (Å²) in [6.45, 7) is 8.69. The van der Waals surface area contributed by atoms with Gasteiger partial charge in [0.1, 0.15) is 0 Å². The standard InChI is InChI=1S/C9H17N2.C2H5.W/c1-10-6-8-4-3-5-11(2)9(8)7-10;1-2;/h8-9H,1,3-7H2,2H3;1H2,2H3;/q2*-1;+2. The summed E-state index contributed by atoms with van der Waals surface area (Å²) < 4.78 is 0. The number of likely N-dealkylation sites (N-methyl/N-ethyl adjacent to an activating group) is 1. The molecular formula is C11H22N2W. The summed E-state index contributed by atoms with van der Waals surface area (Å²) in [6, 6.07) is 0.807. The number of hydrogen-bond donors (Lipinski definition) is 0. The topological polar surface area (TPSA) is 6.48 Å². The van der Waals surface area contributed by atoms with Crippen molar-refractivity contribution in [3.8, 4) is 0 Å². The fourth-order valence-electron chi connectivity index (χ4n) is 2.49. The van der Waals surface area contributed by atoms with Crippen molar-refractivity contribution >= 4 is 0 Å². The van der Waals surface area contributed by atoms with Crippen molar-refractivity contribution in [1.29, 1.82) is 0 Å². The van der Waals surface area contributed by atoms with Gasteiger partial charge in [0.15, 0.2) is 0 Å². The van der Waals surface area contributed by atoms with E-state index in [1.165, 1.54) is 32.5 Å². The van der Waals surface area contributed by atoms with E-state index in [1.807, 2.05) is 0 Å². The van der Waals surface area contributed by atoms with Gasteiger partial charge in [0.05, 0.1) is 0 Å². The summed E-state index contributed by atoms with van der Waals surface area (Å²) in [4.78, 5) is 4.72. The van der Waals surface area contributed by atoms with Crippen LogP contribution in [0.1, 0.15) is 19.8 Å². The fraction of sp³-hybridized carbons (Fsp3) is 0.818. The van der Waals surface area contributed by atoms with E-state index in [9.17, 15) is 0 Å². The summed E-state index contributed by atoms with van der Waals surface area (Å²) in [5.41, 5.74) is 0. The van der Waals surface area contributed by atoms with Crippen molar-refractivity contribution in [2.45, 2.75) is 25.8 Å². The number of likely N-dealkylation sites (tertiary alicyclic amines) is 2. The third kappa shape index (κ3) is 3.32. The van der Waals surface area contributed by atoms with Gasteiger partial charge >= 0.3 is 21.1 Å². The molecule has 2 fully saturated rings. The average Bonchev–Trinajstić information content (AvgIpc) is 2.51. The molecule has 2 atom stereocenters. The van der Waals surface area contributed by atoms with Gasteiger partial charge in [0, 0.05) is 6.04 Å². The van der Waals surface area contributed by atoms with E-state index in [1.54, 1.807) is 6.92 Å². The second-order valence-corrected chi connectivity index (χ2v) is 3.99. The molecule has 2 heterocycles. The van der Waals surface area contributed by atoms with Crippen LogP contribution in [0.3, 0.4) is 0 Å². The zero-order valence-electron chi connectivity index (χ0n) is 9.41. The zero-order chi connectivity index (χ0) is 9.84. The zero-order valence-corrected chi connectivity index (χ0v) is 12.3. The molecule has 2 saturated heterocycles. The Labute approximate surface area is 103 Å². The number of hydrogen-bond acceptors (Lipinski definition) is 2. The molecule has 2 aliphatic heterocycles. The van der Waals surface area contributed by atoms with Crippen LogP contribution in [0.4, 0.5) is 0 Å². The van der Waals surface area contributed by atoms with Crippen molar-refractivity contribution in [3.05, 3.63) is 14.0 Å². The van der Waals surface area contributed by atoms with Gasteiger partial charge in [-0.2, -0.15) is 6.92 Å². The van der Waals surface area contributed by atoms with Crippen LogP contribution >= 0.6 is 0 Å². The van der Waals surface area contributed by atoms with Gasteiger partial charge in [-0.3, -0.25) is 7.05 Å². The van der Waals surface area contributed by atoms with E-state index >= 15 is 0 Å². The predicted molar refractivity (Wildman–Crippen MR) is 57.1 cm³/mol. The van der Waals surface area contributed by atoms with Gasteiger partial charge in [-0.1, -0.05) is 0 Å². The first kappa shape index (κ1) is 14.6. The molecule has 0 aliphatic carbocycles. The summed E-state index contributed by atoms with van der Waals surface area (Å²) in [7, 11) is 6.25. The van der Waals surface area contributed by atoms with Gasteiger partial charge in [0.25, 0.3) is 0 Å². The molecule has 0 aromatic rings. The predicted octanol–water partition coefficient (Wildman–Crippen LogP) is 1.64. The Bertz CT molecular complexity index is 152. The number of rotatable bonds is 0.